The molecular formula is C22H29Br3O2. The average Bonchev–Trinajstić information content (AvgIpc) is 2.52. The summed E-state index contributed by atoms with van der Waals surface area (Å²) in [5.74, 6) is -0.424. The Morgan fingerprint density at radius 2 is 1.85 bits per heavy atom. The first-order valence-electron chi connectivity index (χ1n) is 9.07. The number of alkyl halides is 3. The third-order valence-corrected chi connectivity index (χ3v) is 5.60. The van der Waals surface area contributed by atoms with Crippen molar-refractivity contribution in [1.82, 2.24) is 0 Å². The van der Waals surface area contributed by atoms with E-state index in [1.807, 2.05) is 25.2 Å². The lowest BCUT2D eigenvalue weighted by Gasteiger charge is -2.32. The predicted molar refractivity (Wildman–Crippen MR) is 127 cm³/mol. The van der Waals surface area contributed by atoms with Crippen molar-refractivity contribution >= 4 is 53.8 Å². The number of allylic oxidation sites excluding steroid dienone is 9. The van der Waals surface area contributed by atoms with Gasteiger partial charge in [-0.25, -0.2) is 4.79 Å². The summed E-state index contributed by atoms with van der Waals surface area (Å²) in [5.41, 5.74) is 5.49. The van der Waals surface area contributed by atoms with Gasteiger partial charge in [-0.2, -0.15) is 0 Å². The molecule has 0 bridgehead atoms. The van der Waals surface area contributed by atoms with Gasteiger partial charge in [-0.3, -0.25) is 0 Å². The normalized spacial score (nSPS) is 19.3. The van der Waals surface area contributed by atoms with Crippen molar-refractivity contribution in [2.75, 3.05) is 6.61 Å². The maximum absolute atomic E-state index is 11.6. The van der Waals surface area contributed by atoms with Gasteiger partial charge in [-0.1, -0.05) is 60.9 Å². The zero-order valence-electron chi connectivity index (χ0n) is 16.7. The van der Waals surface area contributed by atoms with Crippen LogP contribution < -0.4 is 0 Å². The Hall–Kier alpha value is -0.390. The number of carbonyl (C=O) groups excluding carboxylic acids is 1. The Bertz CT molecular complexity index is 687. The maximum atomic E-state index is 11.6. The molecule has 0 aromatic rings. The highest BCUT2D eigenvalue weighted by molar-refractivity contribution is 9.40. The minimum absolute atomic E-state index is 0.227. The molecule has 0 N–H and O–H groups in total. The molecule has 0 atom stereocenters. The summed E-state index contributed by atoms with van der Waals surface area (Å²) in [5, 5.41) is 0. The lowest BCUT2D eigenvalue weighted by molar-refractivity contribution is -0.140. The van der Waals surface area contributed by atoms with E-state index in [0.29, 0.717) is 0 Å². The Kier molecular flexibility index (Phi) is 10.0. The first-order chi connectivity index (χ1) is 12.4. The molecular weight excluding hydrogens is 536 g/mol. The number of halogens is 3. The second kappa shape index (κ2) is 11.0. The molecule has 150 valence electrons. The van der Waals surface area contributed by atoms with Crippen LogP contribution in [0.1, 0.15) is 53.9 Å². The molecule has 27 heavy (non-hydrogen) atoms. The number of ether oxygens (including phenoxy) is 1. The molecule has 2 nitrogen and oxygen atoms in total. The van der Waals surface area contributed by atoms with E-state index < -0.39 is 8.11 Å². The monoisotopic (exact) mass is 562 g/mol. The van der Waals surface area contributed by atoms with Crippen LogP contribution in [0.5, 0.6) is 0 Å². The lowest BCUT2D eigenvalue weighted by Crippen LogP contribution is -2.20. The van der Waals surface area contributed by atoms with Crippen molar-refractivity contribution in [2.45, 2.75) is 56.0 Å². The minimum Gasteiger partial charge on any atom is -0.459 e. The van der Waals surface area contributed by atoms with Crippen LogP contribution in [0.4, 0.5) is 0 Å². The van der Waals surface area contributed by atoms with E-state index in [1.165, 1.54) is 36.0 Å². The van der Waals surface area contributed by atoms with Gasteiger partial charge in [-0.15, -0.1) is 0 Å². The summed E-state index contributed by atoms with van der Waals surface area (Å²) >= 11 is 9.39. The average molecular weight is 565 g/mol. The van der Waals surface area contributed by atoms with Crippen LogP contribution in [0.25, 0.3) is 0 Å². The summed E-state index contributed by atoms with van der Waals surface area (Å²) in [4.78, 5) is 11.6. The van der Waals surface area contributed by atoms with Crippen molar-refractivity contribution in [3.05, 3.63) is 58.7 Å². The first-order valence-corrected chi connectivity index (χ1v) is 11.5. The molecule has 0 heterocycles. The predicted octanol–water partition coefficient (Wildman–Crippen LogP) is 7.90. The molecule has 0 radical (unpaired) electrons. The highest BCUT2D eigenvalue weighted by atomic mass is 80.0. The number of hydrogen-bond acceptors (Lipinski definition) is 2. The number of carbonyl (C=O) groups is 1. The molecule has 0 aromatic heterocycles. The van der Waals surface area contributed by atoms with Crippen molar-refractivity contribution in [3.63, 3.8) is 0 Å². The van der Waals surface area contributed by atoms with Crippen LogP contribution in [0.3, 0.4) is 0 Å². The third kappa shape index (κ3) is 9.10. The molecule has 1 rings (SSSR count). The van der Waals surface area contributed by atoms with Crippen LogP contribution in [0.2, 0.25) is 0 Å². The highest BCUT2D eigenvalue weighted by Gasteiger charge is 2.30. The van der Waals surface area contributed by atoms with E-state index in [9.17, 15) is 4.79 Å². The molecule has 1 aliphatic rings. The quantitative estimate of drug-likeness (QED) is 0.186. The molecule has 0 aliphatic heterocycles. The smallest absolute Gasteiger partial charge is 0.345 e. The summed E-state index contributed by atoms with van der Waals surface area (Å²) in [6.07, 6.45) is 16.2. The van der Waals surface area contributed by atoms with E-state index in [0.717, 1.165) is 5.57 Å². The third-order valence-electron chi connectivity index (χ3n) is 4.62. The van der Waals surface area contributed by atoms with Crippen LogP contribution in [0, 0.1) is 5.41 Å². The van der Waals surface area contributed by atoms with E-state index in [-0.39, 0.29) is 12.0 Å². The van der Waals surface area contributed by atoms with Crippen LogP contribution in [0.15, 0.2) is 58.7 Å². The van der Waals surface area contributed by atoms with Gasteiger partial charge in [0.1, 0.15) is 6.61 Å². The Balaban J connectivity index is 2.62. The van der Waals surface area contributed by atoms with Gasteiger partial charge in [-0.05, 0) is 105 Å². The molecule has 5 heteroatoms. The van der Waals surface area contributed by atoms with E-state index >= 15 is 0 Å². The fraction of sp³-hybridized carbons (Fsp3) is 0.500. The summed E-state index contributed by atoms with van der Waals surface area (Å²) < 4.78 is 4.10. The highest BCUT2D eigenvalue weighted by Crippen LogP contribution is 2.40. The zero-order valence-corrected chi connectivity index (χ0v) is 21.5. The molecule has 0 spiro atoms. The molecule has 0 aromatic carbocycles. The van der Waals surface area contributed by atoms with E-state index in [2.05, 4.69) is 93.7 Å². The van der Waals surface area contributed by atoms with Gasteiger partial charge >= 0.3 is 5.97 Å². The number of esters is 1. The molecule has 0 fully saturated rings. The van der Waals surface area contributed by atoms with E-state index in [1.54, 1.807) is 0 Å². The fourth-order valence-electron chi connectivity index (χ4n) is 3.03. The van der Waals surface area contributed by atoms with Crippen LogP contribution in [-0.4, -0.2) is 14.7 Å². The zero-order chi connectivity index (χ0) is 20.7. The van der Waals surface area contributed by atoms with Crippen molar-refractivity contribution in [3.8, 4) is 0 Å². The number of hydrogen-bond donors (Lipinski definition) is 0. The topological polar surface area (TPSA) is 26.3 Å². The Morgan fingerprint density at radius 1 is 1.19 bits per heavy atom. The standard InChI is InChI=1S/C22H29Br3O2/c1-16(11-12-19-18(3)10-7-14-21(19,4)5)8-6-9-17(2)13-15-27-20(26)22(23,24)25/h6,8-9,11-13H,7,10,14-15H2,1-5H3/b9-6+,12-11+,16-8+,17-13+. The lowest BCUT2D eigenvalue weighted by atomic mass is 9.72. The van der Waals surface area contributed by atoms with Crippen LogP contribution in [-0.2, 0) is 9.53 Å². The van der Waals surface area contributed by atoms with Gasteiger partial charge in [0.15, 0.2) is 0 Å². The van der Waals surface area contributed by atoms with Crippen LogP contribution >= 0.6 is 47.8 Å². The van der Waals surface area contributed by atoms with Crippen molar-refractivity contribution < 1.29 is 9.53 Å². The Labute approximate surface area is 189 Å². The summed E-state index contributed by atoms with van der Waals surface area (Å²) in [7, 11) is 0. The maximum Gasteiger partial charge on any atom is 0.345 e. The van der Waals surface area contributed by atoms with Gasteiger partial charge in [0.05, 0.1) is 0 Å². The summed E-state index contributed by atoms with van der Waals surface area (Å²) in [6.45, 7) is 11.2. The molecule has 0 saturated heterocycles. The van der Waals surface area contributed by atoms with Gasteiger partial charge in [0.2, 0.25) is 2.14 Å². The number of rotatable bonds is 6. The molecule has 1 aliphatic carbocycles. The second-order valence-electron chi connectivity index (χ2n) is 7.58. The fourth-order valence-corrected chi connectivity index (χ4v) is 3.37. The Morgan fingerprint density at radius 3 is 2.44 bits per heavy atom. The second-order valence-corrected chi connectivity index (χ2v) is 14.3. The largest absolute Gasteiger partial charge is 0.459 e. The SMILES string of the molecule is CC1=C(/C=C/C(C)=C/C=C/C(C)=C/COC(=O)C(Br)(Br)Br)C(C)(C)CCC1. The van der Waals surface area contributed by atoms with Gasteiger partial charge < -0.3 is 4.74 Å². The molecule has 0 unspecified atom stereocenters. The molecule has 0 saturated carbocycles. The minimum atomic E-state index is -1.02. The van der Waals surface area contributed by atoms with Gasteiger partial charge in [0, 0.05) is 0 Å². The van der Waals surface area contributed by atoms with Crippen molar-refractivity contribution in [2.24, 2.45) is 5.41 Å². The summed E-state index contributed by atoms with van der Waals surface area (Å²) in [6, 6.07) is 0. The van der Waals surface area contributed by atoms with Crippen molar-refractivity contribution in [1.29, 1.82) is 0 Å². The van der Waals surface area contributed by atoms with Gasteiger partial charge in [0.25, 0.3) is 0 Å². The molecule has 0 amide bonds. The van der Waals surface area contributed by atoms with E-state index in [4.69, 9.17) is 4.74 Å². The first kappa shape index (κ1) is 24.6.